The van der Waals surface area contributed by atoms with Crippen LogP contribution in [-0.4, -0.2) is 63.2 Å². The number of phosphoric acid groups is 1. The number of hydrogen-bond donors (Lipinski definition) is 1. The Kier molecular flexibility index (Phi) is 19.7. The molecule has 192 valence electrons. The van der Waals surface area contributed by atoms with Crippen molar-refractivity contribution in [3.63, 3.8) is 0 Å². The maximum atomic E-state index is 11.8. The van der Waals surface area contributed by atoms with E-state index in [1.54, 1.807) is 6.26 Å². The van der Waals surface area contributed by atoms with Crippen molar-refractivity contribution >= 4 is 7.82 Å². The van der Waals surface area contributed by atoms with E-state index in [4.69, 9.17) is 13.8 Å². The van der Waals surface area contributed by atoms with Crippen LogP contribution < -0.4 is 4.89 Å². The Hall–Kier alpha value is -0.430. The van der Waals surface area contributed by atoms with Gasteiger partial charge in [0.15, 0.2) is 0 Å². The minimum atomic E-state index is -4.47. The van der Waals surface area contributed by atoms with E-state index in [-0.39, 0.29) is 13.2 Å². The highest BCUT2D eigenvalue weighted by atomic mass is 31.2. The molecule has 0 aromatic heterocycles. The molecule has 0 rings (SSSR count). The lowest BCUT2D eigenvalue weighted by molar-refractivity contribution is -0.870. The fraction of sp³-hybridized carbons (Fsp3) is 0.917. The molecule has 0 aliphatic heterocycles. The molecule has 0 bridgehead atoms. The molecule has 0 spiro atoms. The van der Waals surface area contributed by atoms with Gasteiger partial charge in [-0.05, 0) is 18.9 Å². The van der Waals surface area contributed by atoms with E-state index < -0.39 is 20.5 Å². The van der Waals surface area contributed by atoms with E-state index >= 15 is 0 Å². The number of aliphatic hydroxyl groups excluding tert-OH is 1. The number of aliphatic hydroxyl groups is 1. The zero-order valence-corrected chi connectivity index (χ0v) is 22.0. The van der Waals surface area contributed by atoms with Crippen molar-refractivity contribution in [3.8, 4) is 0 Å². The summed E-state index contributed by atoms with van der Waals surface area (Å²) in [5, 5.41) is 9.32. The van der Waals surface area contributed by atoms with Gasteiger partial charge in [0, 0.05) is 0 Å². The number of likely N-dealkylation sites (N-methyl/N-ethyl adjacent to an activating group) is 1. The number of quaternary nitrogens is 1. The minimum Gasteiger partial charge on any atom is -0.756 e. The van der Waals surface area contributed by atoms with Crippen LogP contribution in [0.2, 0.25) is 0 Å². The first-order valence-electron chi connectivity index (χ1n) is 12.5. The Morgan fingerprint density at radius 3 is 1.97 bits per heavy atom. The van der Waals surface area contributed by atoms with Crippen molar-refractivity contribution in [2.45, 2.75) is 96.5 Å². The highest BCUT2D eigenvalue weighted by molar-refractivity contribution is 7.45. The summed E-state index contributed by atoms with van der Waals surface area (Å²) in [6.07, 6.45) is 19.3. The first-order valence-corrected chi connectivity index (χ1v) is 14.0. The molecule has 2 atom stereocenters. The highest BCUT2D eigenvalue weighted by Crippen LogP contribution is 2.39. The molecule has 0 aromatic rings. The average molecular weight is 480 g/mol. The lowest BCUT2D eigenvalue weighted by Gasteiger charge is -2.29. The molecule has 0 fully saturated rings. The summed E-state index contributed by atoms with van der Waals surface area (Å²) in [6.45, 7) is 2.31. The first kappa shape index (κ1) is 31.6. The summed E-state index contributed by atoms with van der Waals surface area (Å²) < 4.78 is 27.5. The maximum absolute atomic E-state index is 11.8. The molecule has 1 unspecified atom stereocenters. The van der Waals surface area contributed by atoms with Gasteiger partial charge in [0.2, 0.25) is 0 Å². The number of ether oxygens (including phenoxy) is 1. The molecule has 0 radical (unpaired) electrons. The third kappa shape index (κ3) is 22.8. The zero-order chi connectivity index (χ0) is 24.1. The molecule has 0 amide bonds. The van der Waals surface area contributed by atoms with Gasteiger partial charge in [-0.2, -0.15) is 0 Å². The maximum Gasteiger partial charge on any atom is 0.268 e. The third-order valence-electron chi connectivity index (χ3n) is 5.19. The topological polar surface area (TPSA) is 88.0 Å². The molecule has 0 aliphatic carbocycles. The summed E-state index contributed by atoms with van der Waals surface area (Å²) in [4.78, 5) is 11.8. The monoisotopic (exact) mass is 479 g/mol. The van der Waals surface area contributed by atoms with Gasteiger partial charge in [-0.1, -0.05) is 77.6 Å². The summed E-state index contributed by atoms with van der Waals surface area (Å²) in [5.41, 5.74) is 0. The quantitative estimate of drug-likeness (QED) is 0.0941. The highest BCUT2D eigenvalue weighted by Gasteiger charge is 2.19. The Bertz CT molecular complexity index is 495. The average Bonchev–Trinajstić information content (AvgIpc) is 2.71. The van der Waals surface area contributed by atoms with Crippen LogP contribution >= 0.6 is 7.82 Å². The largest absolute Gasteiger partial charge is 0.756 e. The van der Waals surface area contributed by atoms with Gasteiger partial charge in [-0.3, -0.25) is 4.57 Å². The molecule has 0 aromatic carbocycles. The Morgan fingerprint density at radius 1 is 0.938 bits per heavy atom. The number of unbranched alkanes of at least 4 members (excludes halogenated alkanes) is 12. The molecule has 0 heterocycles. The van der Waals surface area contributed by atoms with Crippen LogP contribution in [0.4, 0.5) is 0 Å². The zero-order valence-electron chi connectivity index (χ0n) is 21.1. The van der Waals surface area contributed by atoms with Crippen LogP contribution in [0.1, 0.15) is 90.4 Å². The summed E-state index contributed by atoms with van der Waals surface area (Å²) in [6, 6.07) is 0. The summed E-state index contributed by atoms with van der Waals surface area (Å²) in [5.74, 6) is 0. The smallest absolute Gasteiger partial charge is 0.268 e. The second-order valence-corrected chi connectivity index (χ2v) is 11.0. The second kappa shape index (κ2) is 20.0. The van der Waals surface area contributed by atoms with Gasteiger partial charge >= 0.3 is 0 Å². The SMILES string of the molecule is CCCCCCCCCCCCCC/C=C\OC[C@H](CO)OP(=O)([O-])OCC[N+](C)(C)C. The van der Waals surface area contributed by atoms with E-state index in [0.717, 1.165) is 12.8 Å². The van der Waals surface area contributed by atoms with Gasteiger partial charge in [-0.25, -0.2) is 0 Å². The Labute approximate surface area is 197 Å². The third-order valence-corrected chi connectivity index (χ3v) is 6.25. The molecular formula is C24H50NO6P. The number of phosphoric ester groups is 1. The number of allylic oxidation sites excluding steroid dienone is 1. The standard InChI is InChI=1S/C24H50NO6P/c1-5-6-7-8-9-10-11-12-13-14-15-16-17-18-20-29-23-24(22-26)31-32(27,28)30-21-19-25(2,3)4/h18,20,24,26H,5-17,19,21-23H2,1-4H3/b20-18-/t24-/m0/s1. The van der Waals surface area contributed by atoms with Crippen molar-refractivity contribution in [2.75, 3.05) is 47.5 Å². The number of hydrogen-bond acceptors (Lipinski definition) is 6. The lowest BCUT2D eigenvalue weighted by Crippen LogP contribution is -2.37. The Morgan fingerprint density at radius 2 is 1.47 bits per heavy atom. The molecular weight excluding hydrogens is 429 g/mol. The van der Waals surface area contributed by atoms with Gasteiger partial charge in [0.05, 0.1) is 34.0 Å². The normalized spacial score (nSPS) is 15.2. The van der Waals surface area contributed by atoms with Crippen LogP contribution in [0.5, 0.6) is 0 Å². The summed E-state index contributed by atoms with van der Waals surface area (Å²) >= 11 is 0. The van der Waals surface area contributed by atoms with Crippen LogP contribution in [0.3, 0.4) is 0 Å². The van der Waals surface area contributed by atoms with E-state index in [0.29, 0.717) is 11.0 Å². The fourth-order valence-corrected chi connectivity index (χ4v) is 4.02. The van der Waals surface area contributed by atoms with Crippen molar-refractivity contribution in [2.24, 2.45) is 0 Å². The molecule has 0 saturated heterocycles. The van der Waals surface area contributed by atoms with Crippen LogP contribution in [0.25, 0.3) is 0 Å². The van der Waals surface area contributed by atoms with Crippen LogP contribution in [0.15, 0.2) is 12.3 Å². The predicted octanol–water partition coefficient (Wildman–Crippen LogP) is 5.18. The van der Waals surface area contributed by atoms with Gasteiger partial charge in [0.1, 0.15) is 25.9 Å². The van der Waals surface area contributed by atoms with Crippen LogP contribution in [0, 0.1) is 0 Å². The van der Waals surface area contributed by atoms with E-state index in [2.05, 4.69) is 6.92 Å². The van der Waals surface area contributed by atoms with Crippen molar-refractivity contribution < 1.29 is 32.8 Å². The Balaban J connectivity index is 3.66. The predicted molar refractivity (Wildman–Crippen MR) is 129 cm³/mol. The number of nitrogens with zero attached hydrogens (tertiary/aromatic N) is 1. The molecule has 0 saturated carbocycles. The van der Waals surface area contributed by atoms with E-state index in [1.807, 2.05) is 27.2 Å². The minimum absolute atomic E-state index is 0.0300. The number of rotatable bonds is 23. The molecule has 8 heteroatoms. The fourth-order valence-electron chi connectivity index (χ4n) is 3.16. The molecule has 7 nitrogen and oxygen atoms in total. The van der Waals surface area contributed by atoms with E-state index in [1.165, 1.54) is 70.6 Å². The molecule has 1 N–H and O–H groups in total. The van der Waals surface area contributed by atoms with Crippen molar-refractivity contribution in [3.05, 3.63) is 12.3 Å². The molecule has 0 aliphatic rings. The second-order valence-electron chi connectivity index (χ2n) is 9.59. The van der Waals surface area contributed by atoms with Gasteiger partial charge in [0.25, 0.3) is 7.82 Å². The lowest BCUT2D eigenvalue weighted by atomic mass is 10.0. The first-order chi connectivity index (χ1) is 15.2. The van der Waals surface area contributed by atoms with Gasteiger partial charge < -0.3 is 28.3 Å². The van der Waals surface area contributed by atoms with Crippen molar-refractivity contribution in [1.29, 1.82) is 0 Å². The summed E-state index contributed by atoms with van der Waals surface area (Å²) in [7, 11) is 1.35. The van der Waals surface area contributed by atoms with Gasteiger partial charge in [-0.15, -0.1) is 0 Å². The van der Waals surface area contributed by atoms with Crippen molar-refractivity contribution in [1.82, 2.24) is 0 Å². The van der Waals surface area contributed by atoms with E-state index in [9.17, 15) is 14.6 Å². The van der Waals surface area contributed by atoms with Crippen LogP contribution in [-0.2, 0) is 18.3 Å². The molecule has 32 heavy (non-hydrogen) atoms.